The van der Waals surface area contributed by atoms with Gasteiger partial charge in [0, 0.05) is 44.1 Å². The van der Waals surface area contributed by atoms with E-state index >= 15 is 0 Å². The van der Waals surface area contributed by atoms with Crippen LogP contribution in [0, 0.1) is 0 Å². The number of amidine groups is 1. The lowest BCUT2D eigenvalue weighted by Crippen LogP contribution is -2.47. The lowest BCUT2D eigenvalue weighted by Gasteiger charge is -2.31. The molecular formula is C35H65FN8S. The Hall–Kier alpha value is -2.24. The summed E-state index contributed by atoms with van der Waals surface area (Å²) in [5.74, 6) is 0.349. The van der Waals surface area contributed by atoms with E-state index in [1.807, 2.05) is 45.1 Å². The molecule has 0 aromatic rings. The zero-order valence-corrected chi connectivity index (χ0v) is 30.6. The minimum atomic E-state index is -0.303. The molecule has 10 heteroatoms. The van der Waals surface area contributed by atoms with Gasteiger partial charge in [-0.25, -0.2) is 15.0 Å². The van der Waals surface area contributed by atoms with Crippen molar-refractivity contribution in [1.82, 2.24) is 25.6 Å². The standard InChI is InChI=1S/C35H65FN8S/c1-11-16-25-43(24-14-4)26-19-27-44(42(9)10)28-39-34(22-17-18-23-38-32(36)20-12-2)41-35(29(6)7)40-30(8)31(15-5)45-33(37)21-13-3/h15,17-18,21,34,39H,6,8,11-14,16,19-20,22-28,37H2,1-5,7,9-10H3,(H,40,41)/b18-17?,31-15-,33-21-,38-32?. The van der Waals surface area contributed by atoms with Crippen LogP contribution < -0.4 is 16.4 Å². The molecule has 1 unspecified atom stereocenters. The fourth-order valence-electron chi connectivity index (χ4n) is 4.33. The molecule has 0 aromatic heterocycles. The Bertz CT molecular complexity index is 986. The number of nitrogens with one attached hydrogen (secondary N) is 2. The van der Waals surface area contributed by atoms with Gasteiger partial charge in [0.25, 0.3) is 0 Å². The third-order valence-electron chi connectivity index (χ3n) is 6.84. The number of allylic oxidation sites excluding steroid dienone is 2. The average molecular weight is 649 g/mol. The van der Waals surface area contributed by atoms with Crippen molar-refractivity contribution >= 4 is 23.6 Å². The molecule has 8 nitrogen and oxygen atoms in total. The van der Waals surface area contributed by atoms with E-state index in [0.717, 1.165) is 60.9 Å². The number of nitrogens with zero attached hydrogens (tertiary/aromatic N) is 5. The van der Waals surface area contributed by atoms with Crippen LogP contribution in [-0.2, 0) is 0 Å². The van der Waals surface area contributed by atoms with E-state index in [2.05, 4.69) is 78.6 Å². The fourth-order valence-corrected chi connectivity index (χ4v) is 5.13. The number of halogens is 1. The zero-order valence-electron chi connectivity index (χ0n) is 29.8. The number of nitrogens with two attached hydrogens (primary N) is 1. The van der Waals surface area contributed by atoms with E-state index < -0.39 is 0 Å². The maximum atomic E-state index is 13.8. The summed E-state index contributed by atoms with van der Waals surface area (Å²) < 4.78 is 13.8. The van der Waals surface area contributed by atoms with E-state index in [1.165, 1.54) is 31.0 Å². The molecule has 0 bridgehead atoms. The van der Waals surface area contributed by atoms with Crippen LogP contribution >= 0.6 is 11.8 Å². The van der Waals surface area contributed by atoms with Gasteiger partial charge in [-0.3, -0.25) is 10.3 Å². The number of aliphatic imine (C=N–C) groups is 2. The van der Waals surface area contributed by atoms with Gasteiger partial charge in [0.1, 0.15) is 12.0 Å². The highest BCUT2D eigenvalue weighted by atomic mass is 32.2. The summed E-state index contributed by atoms with van der Waals surface area (Å²) in [5, 5.41) is 12.2. The third kappa shape index (κ3) is 21.2. The van der Waals surface area contributed by atoms with Crippen molar-refractivity contribution in [3.63, 3.8) is 0 Å². The molecule has 0 aliphatic heterocycles. The Morgan fingerprint density at radius 3 is 2.29 bits per heavy atom. The Morgan fingerprint density at radius 2 is 1.71 bits per heavy atom. The molecule has 0 fully saturated rings. The topological polar surface area (TPSA) is 84.5 Å². The van der Waals surface area contributed by atoms with Gasteiger partial charge in [0.15, 0.2) is 5.97 Å². The van der Waals surface area contributed by atoms with Gasteiger partial charge in [0.2, 0.25) is 0 Å². The maximum absolute atomic E-state index is 13.8. The number of rotatable bonds is 26. The normalized spacial score (nSPS) is 14.3. The van der Waals surface area contributed by atoms with Gasteiger partial charge >= 0.3 is 0 Å². The zero-order chi connectivity index (χ0) is 34.0. The smallest absolute Gasteiger partial charge is 0.184 e. The minimum Gasteiger partial charge on any atom is -0.394 e. The van der Waals surface area contributed by atoms with Crippen LogP contribution in [0.15, 0.2) is 68.7 Å². The molecule has 1 atom stereocenters. The van der Waals surface area contributed by atoms with Crippen LogP contribution in [0.1, 0.15) is 92.9 Å². The molecule has 0 saturated heterocycles. The quantitative estimate of drug-likeness (QED) is 0.0223. The van der Waals surface area contributed by atoms with E-state index in [4.69, 9.17) is 10.7 Å². The van der Waals surface area contributed by atoms with Gasteiger partial charge < -0.3 is 16.0 Å². The first-order valence-electron chi connectivity index (χ1n) is 16.7. The maximum Gasteiger partial charge on any atom is 0.184 e. The molecule has 45 heavy (non-hydrogen) atoms. The summed E-state index contributed by atoms with van der Waals surface area (Å²) in [6, 6.07) is 0. The van der Waals surface area contributed by atoms with E-state index in [9.17, 15) is 4.39 Å². The van der Waals surface area contributed by atoms with E-state index in [-0.39, 0.29) is 12.1 Å². The van der Waals surface area contributed by atoms with Gasteiger partial charge in [-0.2, -0.15) is 4.39 Å². The molecule has 0 aliphatic carbocycles. The Morgan fingerprint density at radius 1 is 1.00 bits per heavy atom. The van der Waals surface area contributed by atoms with Crippen molar-refractivity contribution in [2.45, 2.75) is 99.1 Å². The SMILES string of the molecule is C=C(C)C(=NC(CC=CCN=C(F)CCC)NCN(CCCN(CCC)CCCC)N(C)C)NC(=C)/C(=C/C)S/C(N)=C\CC. The second-order valence-electron chi connectivity index (χ2n) is 11.3. The molecule has 0 aromatic carbocycles. The van der Waals surface area contributed by atoms with Crippen molar-refractivity contribution in [1.29, 1.82) is 0 Å². The molecule has 4 N–H and O–H groups in total. The molecular weight excluding hydrogens is 584 g/mol. The van der Waals surface area contributed by atoms with Crippen LogP contribution in [0.2, 0.25) is 0 Å². The highest BCUT2D eigenvalue weighted by molar-refractivity contribution is 8.06. The van der Waals surface area contributed by atoms with Crippen LogP contribution in [0.5, 0.6) is 0 Å². The molecule has 258 valence electrons. The summed E-state index contributed by atoms with van der Waals surface area (Å²) in [7, 11) is 4.15. The van der Waals surface area contributed by atoms with Gasteiger partial charge in [-0.1, -0.05) is 83.3 Å². The first-order valence-corrected chi connectivity index (χ1v) is 17.6. The average Bonchev–Trinajstić information content (AvgIpc) is 2.99. The van der Waals surface area contributed by atoms with E-state index in [0.29, 0.717) is 37.6 Å². The highest BCUT2D eigenvalue weighted by Crippen LogP contribution is 2.26. The second-order valence-corrected chi connectivity index (χ2v) is 12.4. The number of hydrazine groups is 1. The van der Waals surface area contributed by atoms with Crippen molar-refractivity contribution in [2.75, 3.05) is 53.5 Å². The molecule has 0 spiro atoms. The highest BCUT2D eigenvalue weighted by Gasteiger charge is 2.15. The van der Waals surface area contributed by atoms with Gasteiger partial charge in [-0.15, -0.1) is 0 Å². The summed E-state index contributed by atoms with van der Waals surface area (Å²) in [5.41, 5.74) is 7.67. The van der Waals surface area contributed by atoms with Gasteiger partial charge in [0.05, 0.1) is 18.2 Å². The molecule has 0 saturated carbocycles. The number of hydrogen-bond acceptors (Lipinski definition) is 8. The minimum absolute atomic E-state index is 0.256. The molecule has 0 heterocycles. The van der Waals surface area contributed by atoms with Crippen LogP contribution in [-0.4, -0.2) is 86.4 Å². The lowest BCUT2D eigenvalue weighted by molar-refractivity contribution is 0.0103. The Kier molecular flexibility index (Phi) is 25.6. The summed E-state index contributed by atoms with van der Waals surface area (Å²) in [6.45, 7) is 26.1. The predicted molar refractivity (Wildman–Crippen MR) is 199 cm³/mol. The number of hydrogen-bond donors (Lipinski definition) is 3. The third-order valence-corrected chi connectivity index (χ3v) is 7.94. The summed E-state index contributed by atoms with van der Waals surface area (Å²) in [4.78, 5) is 12.6. The molecule has 0 amide bonds. The fraction of sp³-hybridized carbons (Fsp3) is 0.657. The van der Waals surface area contributed by atoms with Crippen LogP contribution in [0.4, 0.5) is 4.39 Å². The van der Waals surface area contributed by atoms with Gasteiger partial charge in [-0.05, 0) is 71.2 Å². The number of unbranched alkanes of at least 4 members (excludes halogenated alkanes) is 1. The lowest BCUT2D eigenvalue weighted by atomic mass is 10.2. The number of thioether (sulfide) groups is 1. The van der Waals surface area contributed by atoms with Crippen molar-refractivity contribution in [3.8, 4) is 0 Å². The summed E-state index contributed by atoms with van der Waals surface area (Å²) >= 11 is 1.48. The first kappa shape index (κ1) is 42.8. The van der Waals surface area contributed by atoms with Crippen molar-refractivity contribution < 1.29 is 4.39 Å². The molecule has 0 aliphatic rings. The first-order chi connectivity index (χ1) is 21.5. The van der Waals surface area contributed by atoms with E-state index in [1.54, 1.807) is 0 Å². The van der Waals surface area contributed by atoms with Crippen LogP contribution in [0.3, 0.4) is 0 Å². The summed E-state index contributed by atoms with van der Waals surface area (Å²) in [6.07, 6.45) is 14.9. The largest absolute Gasteiger partial charge is 0.394 e. The molecule has 0 radical (unpaired) electrons. The van der Waals surface area contributed by atoms with Crippen molar-refractivity contribution in [2.24, 2.45) is 15.7 Å². The second kappa shape index (κ2) is 26.9. The molecule has 0 rings (SSSR count). The Balaban J connectivity index is 5.82. The Labute approximate surface area is 279 Å². The van der Waals surface area contributed by atoms with Crippen LogP contribution in [0.25, 0.3) is 0 Å². The van der Waals surface area contributed by atoms with Crippen molar-refractivity contribution in [3.05, 3.63) is 58.7 Å². The predicted octanol–water partition coefficient (Wildman–Crippen LogP) is 7.58. The monoisotopic (exact) mass is 649 g/mol.